The minimum Gasteiger partial charge on any atom is -0.480 e. The molecular formula is C38H57N9O11. The Labute approximate surface area is 336 Å². The number of carboxylic acid groups (broad SMARTS) is 1. The zero-order chi connectivity index (χ0) is 44.1. The number of primary amides is 2. The van der Waals surface area contributed by atoms with Crippen molar-refractivity contribution in [2.45, 2.75) is 97.4 Å². The third kappa shape index (κ3) is 18.5. The highest BCUT2D eigenvalue weighted by atomic mass is 16.4. The molecule has 0 aliphatic carbocycles. The van der Waals surface area contributed by atoms with Gasteiger partial charge in [0, 0.05) is 25.0 Å². The Morgan fingerprint density at radius 1 is 0.638 bits per heavy atom. The van der Waals surface area contributed by atoms with Crippen molar-refractivity contribution < 1.29 is 53.1 Å². The molecule has 0 aliphatic heterocycles. The van der Waals surface area contributed by atoms with E-state index in [1.807, 2.05) is 0 Å². The molecule has 0 unspecified atom stereocenters. The highest BCUT2D eigenvalue weighted by Crippen LogP contribution is 2.12. The SMILES string of the molecule is CC[C@H](C)[C@H](NC(=O)[C@H](CCC(N)=O)NC(=O)/C=C/C(=O)NCC(=O)NCC(=O)N[C@@H](Cc1ccccc1)C(=O)O)C(=O)N[C@H](C(=O)N[C@H](C(N)=O)C(C)C)C(C)C. The maximum atomic E-state index is 13.6. The van der Waals surface area contributed by atoms with Gasteiger partial charge in [-0.3, -0.25) is 43.2 Å². The molecule has 20 heteroatoms. The van der Waals surface area contributed by atoms with Crippen LogP contribution in [0.1, 0.15) is 66.4 Å². The topological polar surface area (TPSA) is 327 Å². The third-order valence-corrected chi connectivity index (χ3v) is 8.79. The minimum absolute atomic E-state index is 0.0130. The van der Waals surface area contributed by atoms with Crippen molar-refractivity contribution in [2.75, 3.05) is 13.1 Å². The number of amides is 9. The lowest BCUT2D eigenvalue weighted by Crippen LogP contribution is -2.61. The van der Waals surface area contributed by atoms with Crippen LogP contribution in [0.25, 0.3) is 0 Å². The maximum Gasteiger partial charge on any atom is 0.326 e. The van der Waals surface area contributed by atoms with Gasteiger partial charge < -0.3 is 53.8 Å². The number of hydrogen-bond donors (Lipinski definition) is 10. The largest absolute Gasteiger partial charge is 0.480 e. The zero-order valence-electron chi connectivity index (χ0n) is 33.6. The Morgan fingerprint density at radius 2 is 1.17 bits per heavy atom. The molecule has 12 N–H and O–H groups in total. The van der Waals surface area contributed by atoms with Crippen LogP contribution in [0, 0.1) is 17.8 Å². The van der Waals surface area contributed by atoms with Crippen LogP contribution in [-0.4, -0.2) is 108 Å². The first-order chi connectivity index (χ1) is 27.2. The molecule has 0 radical (unpaired) electrons. The molecule has 6 atom stereocenters. The van der Waals surface area contributed by atoms with Gasteiger partial charge in [0.05, 0.1) is 13.1 Å². The quantitative estimate of drug-likeness (QED) is 0.0465. The van der Waals surface area contributed by atoms with Crippen LogP contribution in [0.4, 0.5) is 0 Å². The molecule has 0 bridgehead atoms. The number of nitrogens with two attached hydrogens (primary N) is 2. The summed E-state index contributed by atoms with van der Waals surface area (Å²) in [4.78, 5) is 125. The normalized spacial score (nSPS) is 14.1. The summed E-state index contributed by atoms with van der Waals surface area (Å²) in [5.74, 6) is -9.80. The molecule has 0 saturated carbocycles. The molecule has 0 spiro atoms. The van der Waals surface area contributed by atoms with Crippen LogP contribution in [0.15, 0.2) is 42.5 Å². The average molecular weight is 816 g/mol. The fraction of sp³-hybridized carbons (Fsp3) is 0.526. The van der Waals surface area contributed by atoms with Gasteiger partial charge in [-0.2, -0.15) is 0 Å². The number of carbonyl (C=O) groups excluding carboxylic acids is 9. The molecule has 0 fully saturated rings. The summed E-state index contributed by atoms with van der Waals surface area (Å²) in [7, 11) is 0. The fourth-order valence-corrected chi connectivity index (χ4v) is 5.23. The molecule has 0 aliphatic rings. The highest BCUT2D eigenvalue weighted by Gasteiger charge is 2.34. The lowest BCUT2D eigenvalue weighted by atomic mass is 9.95. The average Bonchev–Trinajstić information content (AvgIpc) is 3.16. The number of rotatable bonds is 25. The van der Waals surface area contributed by atoms with Crippen molar-refractivity contribution in [3.63, 3.8) is 0 Å². The predicted molar refractivity (Wildman–Crippen MR) is 209 cm³/mol. The first-order valence-corrected chi connectivity index (χ1v) is 18.7. The Hall–Kier alpha value is -6.34. The minimum atomic E-state index is -1.41. The number of carboxylic acids is 1. The van der Waals surface area contributed by atoms with Crippen LogP contribution in [0.2, 0.25) is 0 Å². The van der Waals surface area contributed by atoms with E-state index in [1.54, 1.807) is 71.9 Å². The highest BCUT2D eigenvalue weighted by molar-refractivity contribution is 6.00. The lowest BCUT2D eigenvalue weighted by Gasteiger charge is -2.30. The number of carbonyl (C=O) groups is 10. The number of nitrogens with one attached hydrogen (secondary N) is 7. The van der Waals surface area contributed by atoms with Gasteiger partial charge in [-0.15, -0.1) is 0 Å². The molecule has 58 heavy (non-hydrogen) atoms. The van der Waals surface area contributed by atoms with Gasteiger partial charge in [-0.1, -0.05) is 78.3 Å². The molecule has 0 saturated heterocycles. The second-order valence-electron chi connectivity index (χ2n) is 14.3. The summed E-state index contributed by atoms with van der Waals surface area (Å²) < 4.78 is 0. The first-order valence-electron chi connectivity index (χ1n) is 18.7. The van der Waals surface area contributed by atoms with E-state index in [4.69, 9.17) is 11.5 Å². The molecule has 1 aromatic rings. The van der Waals surface area contributed by atoms with E-state index >= 15 is 0 Å². The standard InChI is InChI=1S/C38H57N9O11/c1-7-22(6)33(37(56)46-32(21(4)5)36(55)45-31(20(2)3)34(40)53)47-35(54)24(13-14-26(39)48)43-28(50)16-15-27(49)41-18-29(51)42-19-30(52)44-25(38(57)58)17-23-11-9-8-10-12-23/h8-12,15-16,20-22,24-25,31-33H,7,13-14,17-19H2,1-6H3,(H2,39,48)(H2,40,53)(H,41,49)(H,42,51)(H,43,50)(H,44,52)(H,45,55)(H,46,56)(H,47,54)(H,57,58)/b16-15+/t22-,24-,25-,31-,32-,33-/m0/s1. The van der Waals surface area contributed by atoms with Crippen LogP contribution < -0.4 is 48.7 Å². The maximum absolute atomic E-state index is 13.6. The lowest BCUT2D eigenvalue weighted by molar-refractivity contribution is -0.141. The first kappa shape index (κ1) is 49.7. The van der Waals surface area contributed by atoms with Crippen LogP contribution >= 0.6 is 0 Å². The molecular weight excluding hydrogens is 758 g/mol. The van der Waals surface area contributed by atoms with Crippen LogP contribution in [0.5, 0.6) is 0 Å². The van der Waals surface area contributed by atoms with Gasteiger partial charge in [-0.25, -0.2) is 4.79 Å². The van der Waals surface area contributed by atoms with E-state index in [-0.39, 0.29) is 25.2 Å². The van der Waals surface area contributed by atoms with E-state index in [1.165, 1.54) is 0 Å². The van der Waals surface area contributed by atoms with Crippen molar-refractivity contribution in [1.82, 2.24) is 37.2 Å². The second-order valence-corrected chi connectivity index (χ2v) is 14.3. The number of aliphatic carboxylic acids is 1. The van der Waals surface area contributed by atoms with Gasteiger partial charge in [-0.05, 0) is 29.7 Å². The molecule has 1 rings (SSSR count). The summed E-state index contributed by atoms with van der Waals surface area (Å²) in [5, 5.41) is 26.3. The number of benzene rings is 1. The van der Waals surface area contributed by atoms with E-state index in [2.05, 4.69) is 37.2 Å². The molecule has 1 aromatic carbocycles. The van der Waals surface area contributed by atoms with Crippen LogP contribution in [-0.2, 0) is 54.4 Å². The summed E-state index contributed by atoms with van der Waals surface area (Å²) in [6, 6.07) is 2.59. The van der Waals surface area contributed by atoms with Gasteiger partial charge in [0.2, 0.25) is 53.2 Å². The van der Waals surface area contributed by atoms with Gasteiger partial charge >= 0.3 is 5.97 Å². The van der Waals surface area contributed by atoms with E-state index in [0.717, 1.165) is 12.2 Å². The fourth-order valence-electron chi connectivity index (χ4n) is 5.23. The van der Waals surface area contributed by atoms with E-state index in [9.17, 15) is 53.1 Å². The Morgan fingerprint density at radius 3 is 1.71 bits per heavy atom. The second kappa shape index (κ2) is 25.0. The van der Waals surface area contributed by atoms with Crippen LogP contribution in [0.3, 0.4) is 0 Å². The molecule has 320 valence electrons. The van der Waals surface area contributed by atoms with Gasteiger partial charge in [0.25, 0.3) is 0 Å². The smallest absolute Gasteiger partial charge is 0.326 e. The van der Waals surface area contributed by atoms with Crippen molar-refractivity contribution in [3.05, 3.63) is 48.0 Å². The van der Waals surface area contributed by atoms with E-state index < -0.39 is 114 Å². The van der Waals surface area contributed by atoms with Crippen molar-refractivity contribution >= 4 is 59.1 Å². The van der Waals surface area contributed by atoms with Crippen molar-refractivity contribution in [2.24, 2.45) is 29.2 Å². The molecule has 0 aromatic heterocycles. The van der Waals surface area contributed by atoms with Crippen molar-refractivity contribution in [3.8, 4) is 0 Å². The molecule has 9 amide bonds. The van der Waals surface area contributed by atoms with Gasteiger partial charge in [0.15, 0.2) is 0 Å². The Bertz CT molecular complexity index is 1670. The van der Waals surface area contributed by atoms with Crippen molar-refractivity contribution in [1.29, 1.82) is 0 Å². The Balaban J connectivity index is 2.88. The summed E-state index contributed by atoms with van der Waals surface area (Å²) in [6.45, 7) is 8.96. The predicted octanol–water partition coefficient (Wildman–Crippen LogP) is -2.36. The van der Waals surface area contributed by atoms with Gasteiger partial charge in [0.1, 0.15) is 30.2 Å². The third-order valence-electron chi connectivity index (χ3n) is 8.79. The Kier molecular flexibility index (Phi) is 21.4. The van der Waals surface area contributed by atoms with E-state index in [0.29, 0.717) is 12.0 Å². The molecule has 20 nitrogen and oxygen atoms in total. The monoisotopic (exact) mass is 815 g/mol. The zero-order valence-corrected chi connectivity index (χ0v) is 33.6. The summed E-state index contributed by atoms with van der Waals surface area (Å²) in [5.41, 5.74) is 11.4. The summed E-state index contributed by atoms with van der Waals surface area (Å²) >= 11 is 0. The number of hydrogen-bond acceptors (Lipinski definition) is 10. The molecule has 0 heterocycles. The summed E-state index contributed by atoms with van der Waals surface area (Å²) in [6.07, 6.45) is 1.30.